The Morgan fingerprint density at radius 3 is 2.09 bits per heavy atom. The van der Waals surface area contributed by atoms with E-state index >= 15 is 0 Å². The fraction of sp³-hybridized carbons (Fsp3) is 0.600. The van der Waals surface area contributed by atoms with E-state index in [1.807, 2.05) is 48.6 Å². The SMILES string of the molecule is CC/C=C\C/C=C\CC(O)/C=C/C=C\C/C=C\C/C=C\CCC(=O)O[C@H](COC(=O)CCCCCCCCc1oc(CCC)c(C)c1C)COP(=O)(O)OCCN. The number of hydrogen-bond donors (Lipinski definition) is 3. The van der Waals surface area contributed by atoms with Crippen molar-refractivity contribution in [3.8, 4) is 0 Å². The van der Waals surface area contributed by atoms with Gasteiger partial charge in [-0.05, 0) is 82.8 Å². The summed E-state index contributed by atoms with van der Waals surface area (Å²) in [6.07, 6.45) is 35.5. The summed E-state index contributed by atoms with van der Waals surface area (Å²) in [7, 11) is -4.43. The maximum atomic E-state index is 12.6. The van der Waals surface area contributed by atoms with Gasteiger partial charge in [0.2, 0.25) is 0 Å². The maximum absolute atomic E-state index is 12.6. The van der Waals surface area contributed by atoms with E-state index in [-0.39, 0.29) is 32.6 Å². The van der Waals surface area contributed by atoms with Crippen LogP contribution in [0.4, 0.5) is 0 Å². The normalized spacial score (nSPS) is 14.6. The lowest BCUT2D eigenvalue weighted by Gasteiger charge is -2.19. The Morgan fingerprint density at radius 1 is 0.754 bits per heavy atom. The van der Waals surface area contributed by atoms with Gasteiger partial charge < -0.3 is 29.6 Å². The maximum Gasteiger partial charge on any atom is 0.472 e. The number of phosphoric ester groups is 1. The molecule has 0 bridgehead atoms. The van der Waals surface area contributed by atoms with Crippen molar-refractivity contribution in [3.63, 3.8) is 0 Å². The van der Waals surface area contributed by atoms with E-state index in [1.54, 1.807) is 6.08 Å². The lowest BCUT2D eigenvalue weighted by Crippen LogP contribution is -2.29. The summed E-state index contributed by atoms with van der Waals surface area (Å²) in [6, 6.07) is 0. The highest BCUT2D eigenvalue weighted by Gasteiger charge is 2.26. The topological polar surface area (TPSA) is 168 Å². The molecular weight excluding hydrogens is 745 g/mol. The molecule has 2 unspecified atom stereocenters. The summed E-state index contributed by atoms with van der Waals surface area (Å²) in [6.45, 7) is 7.57. The van der Waals surface area contributed by atoms with Gasteiger partial charge in [-0.2, -0.15) is 0 Å². The van der Waals surface area contributed by atoms with Gasteiger partial charge in [-0.25, -0.2) is 4.57 Å². The molecule has 1 rings (SSSR count). The summed E-state index contributed by atoms with van der Waals surface area (Å²) in [5.74, 6) is 1.22. The Kier molecular flexibility index (Phi) is 30.5. The van der Waals surface area contributed by atoms with Crippen LogP contribution in [-0.4, -0.2) is 60.5 Å². The molecule has 3 atom stereocenters. The van der Waals surface area contributed by atoms with E-state index in [0.29, 0.717) is 25.7 Å². The van der Waals surface area contributed by atoms with Gasteiger partial charge in [-0.1, -0.05) is 112 Å². The average molecular weight is 818 g/mol. The van der Waals surface area contributed by atoms with E-state index in [9.17, 15) is 24.2 Å². The highest BCUT2D eigenvalue weighted by atomic mass is 31.2. The molecule has 0 saturated carbocycles. The van der Waals surface area contributed by atoms with Gasteiger partial charge in [0.05, 0.1) is 19.3 Å². The monoisotopic (exact) mass is 817 g/mol. The number of nitrogens with two attached hydrogens (primary N) is 1. The molecule has 322 valence electrons. The second-order valence-electron chi connectivity index (χ2n) is 13.9. The highest BCUT2D eigenvalue weighted by Crippen LogP contribution is 2.43. The zero-order valence-corrected chi connectivity index (χ0v) is 36.0. The van der Waals surface area contributed by atoms with Crippen LogP contribution in [0, 0.1) is 13.8 Å². The van der Waals surface area contributed by atoms with Crippen molar-refractivity contribution in [3.05, 3.63) is 95.6 Å². The van der Waals surface area contributed by atoms with Crippen molar-refractivity contribution < 1.29 is 47.1 Å². The smallest absolute Gasteiger partial charge is 0.466 e. The third-order valence-electron chi connectivity index (χ3n) is 8.87. The van der Waals surface area contributed by atoms with Crippen LogP contribution in [0.1, 0.15) is 133 Å². The fourth-order valence-electron chi connectivity index (χ4n) is 5.55. The zero-order chi connectivity index (χ0) is 42.0. The van der Waals surface area contributed by atoms with Crippen molar-refractivity contribution in [2.24, 2.45) is 5.73 Å². The minimum atomic E-state index is -4.43. The van der Waals surface area contributed by atoms with Crippen LogP contribution in [0.3, 0.4) is 0 Å². The number of ether oxygens (including phenoxy) is 2. The zero-order valence-electron chi connectivity index (χ0n) is 35.1. The van der Waals surface area contributed by atoms with Crippen LogP contribution >= 0.6 is 7.82 Å². The molecule has 1 heterocycles. The molecule has 0 aromatic carbocycles. The van der Waals surface area contributed by atoms with Gasteiger partial charge in [0.25, 0.3) is 0 Å². The molecule has 11 nitrogen and oxygen atoms in total. The van der Waals surface area contributed by atoms with Crippen LogP contribution in [0.25, 0.3) is 0 Å². The van der Waals surface area contributed by atoms with Crippen LogP contribution < -0.4 is 5.73 Å². The number of hydrogen-bond acceptors (Lipinski definition) is 10. The Balaban J connectivity index is 2.36. The molecule has 4 N–H and O–H groups in total. The minimum Gasteiger partial charge on any atom is -0.466 e. The molecular formula is C45H72NO10P. The molecule has 0 amide bonds. The van der Waals surface area contributed by atoms with Gasteiger partial charge in [-0.15, -0.1) is 0 Å². The van der Waals surface area contributed by atoms with E-state index < -0.39 is 38.6 Å². The largest absolute Gasteiger partial charge is 0.472 e. The van der Waals surface area contributed by atoms with Gasteiger partial charge in [0, 0.05) is 32.2 Å². The van der Waals surface area contributed by atoms with Crippen LogP contribution in [0.5, 0.6) is 0 Å². The molecule has 12 heteroatoms. The average Bonchev–Trinajstić information content (AvgIpc) is 3.45. The minimum absolute atomic E-state index is 0.0222. The number of esters is 2. The first-order chi connectivity index (χ1) is 27.5. The third kappa shape index (κ3) is 27.9. The van der Waals surface area contributed by atoms with Crippen LogP contribution in [-0.2, 0) is 45.5 Å². The number of phosphoric acid groups is 1. The van der Waals surface area contributed by atoms with Gasteiger partial charge in [0.1, 0.15) is 18.1 Å². The number of unbranched alkanes of at least 4 members (excludes halogenated alkanes) is 5. The van der Waals surface area contributed by atoms with Crippen LogP contribution in [0.2, 0.25) is 0 Å². The lowest BCUT2D eigenvalue weighted by atomic mass is 10.0. The Hall–Kier alpha value is -3.31. The molecule has 0 aliphatic rings. The number of carbonyl (C=O) groups is 2. The van der Waals surface area contributed by atoms with E-state index in [2.05, 4.69) is 45.9 Å². The number of carbonyl (C=O) groups excluding carboxylic acids is 2. The molecule has 0 saturated heterocycles. The lowest BCUT2D eigenvalue weighted by molar-refractivity contribution is -0.161. The first-order valence-electron chi connectivity index (χ1n) is 20.9. The van der Waals surface area contributed by atoms with Crippen molar-refractivity contribution in [2.75, 3.05) is 26.4 Å². The van der Waals surface area contributed by atoms with Gasteiger partial charge in [-0.3, -0.25) is 18.6 Å². The summed E-state index contributed by atoms with van der Waals surface area (Å²) in [5, 5.41) is 10.00. The van der Waals surface area contributed by atoms with E-state index in [0.717, 1.165) is 82.1 Å². The van der Waals surface area contributed by atoms with Crippen molar-refractivity contribution in [1.29, 1.82) is 0 Å². The van der Waals surface area contributed by atoms with Gasteiger partial charge >= 0.3 is 19.8 Å². The van der Waals surface area contributed by atoms with Crippen LogP contribution in [0.15, 0.2) is 77.3 Å². The predicted octanol–water partition coefficient (Wildman–Crippen LogP) is 10.1. The second kappa shape index (κ2) is 33.6. The summed E-state index contributed by atoms with van der Waals surface area (Å²) < 4.78 is 38.8. The first-order valence-corrected chi connectivity index (χ1v) is 22.4. The summed E-state index contributed by atoms with van der Waals surface area (Å²) in [5.41, 5.74) is 7.89. The quantitative estimate of drug-likeness (QED) is 0.0199. The predicted molar refractivity (Wildman–Crippen MR) is 229 cm³/mol. The van der Waals surface area contributed by atoms with E-state index in [4.69, 9.17) is 28.7 Å². The number of allylic oxidation sites excluding steroid dienone is 10. The summed E-state index contributed by atoms with van der Waals surface area (Å²) >= 11 is 0. The molecule has 0 radical (unpaired) electrons. The third-order valence-corrected chi connectivity index (χ3v) is 9.86. The number of rotatable bonds is 34. The Labute approximate surface area is 342 Å². The highest BCUT2D eigenvalue weighted by molar-refractivity contribution is 7.47. The number of aryl methyl sites for hydroxylation is 2. The first kappa shape index (κ1) is 51.7. The second-order valence-corrected chi connectivity index (χ2v) is 15.4. The molecule has 1 aromatic heterocycles. The van der Waals surface area contributed by atoms with Crippen molar-refractivity contribution in [2.45, 2.75) is 149 Å². The van der Waals surface area contributed by atoms with Crippen molar-refractivity contribution >= 4 is 19.8 Å². The van der Waals surface area contributed by atoms with Gasteiger partial charge in [0.15, 0.2) is 6.10 Å². The molecule has 0 aliphatic heterocycles. The summed E-state index contributed by atoms with van der Waals surface area (Å²) in [4.78, 5) is 34.9. The fourth-order valence-corrected chi connectivity index (χ4v) is 6.32. The molecule has 0 aliphatic carbocycles. The molecule has 1 aromatic rings. The Morgan fingerprint density at radius 2 is 1.39 bits per heavy atom. The molecule has 0 spiro atoms. The standard InChI is InChI=1S/C45H72NO10P/c1-5-7-8-9-18-23-29-40(47)30-24-19-14-12-10-11-13-15-22-27-33-45(49)55-41(37-54-57(50,51)53-35-34-46)36-52-44(48)32-26-21-17-16-20-25-31-43-39(4)38(3)42(56-43)28-6-2/h7-8,10-11,14-15,18-19,22-24,30,40-41,47H,5-6,9,12-13,16-17,20-21,25-29,31-37,46H2,1-4H3,(H,50,51)/b8-7-,11-10-,19-14-,22-15-,23-18-,30-24+/t40?,41-/m1/s1. The van der Waals surface area contributed by atoms with E-state index in [1.165, 1.54) is 11.1 Å². The Bertz CT molecular complexity index is 1460. The number of aliphatic hydroxyl groups is 1. The number of aliphatic hydroxyl groups excluding tert-OH is 1. The molecule has 0 fully saturated rings. The number of furan rings is 1. The van der Waals surface area contributed by atoms with Crippen molar-refractivity contribution in [1.82, 2.24) is 0 Å². The molecule has 57 heavy (non-hydrogen) atoms.